The van der Waals surface area contributed by atoms with Crippen molar-refractivity contribution in [3.8, 4) is 0 Å². The van der Waals surface area contributed by atoms with Gasteiger partial charge >= 0.3 is 5.97 Å². The average molecular weight is 292 g/mol. The first-order valence-electron chi connectivity index (χ1n) is 7.67. The molecule has 1 aromatic rings. The van der Waals surface area contributed by atoms with Crippen molar-refractivity contribution in [3.05, 3.63) is 29.6 Å². The fourth-order valence-corrected chi connectivity index (χ4v) is 3.43. The number of carbonyl (C=O) groups is 1. The van der Waals surface area contributed by atoms with Gasteiger partial charge in [0.1, 0.15) is 5.82 Å². The maximum Gasteiger partial charge on any atom is 0.338 e. The smallest absolute Gasteiger partial charge is 0.338 e. The normalized spacial score (nSPS) is 23.5. The number of hydrogen-bond acceptors (Lipinski definition) is 3. The van der Waals surface area contributed by atoms with Gasteiger partial charge in [0, 0.05) is 24.8 Å². The Labute approximate surface area is 124 Å². The van der Waals surface area contributed by atoms with E-state index < -0.39 is 11.8 Å². The van der Waals surface area contributed by atoms with Crippen molar-refractivity contribution in [1.82, 2.24) is 4.90 Å². The molecule has 2 heterocycles. The number of carboxylic acid groups (broad SMARTS) is 1. The maximum atomic E-state index is 13.8. The van der Waals surface area contributed by atoms with Gasteiger partial charge in [0.15, 0.2) is 0 Å². The van der Waals surface area contributed by atoms with E-state index in [1.165, 1.54) is 44.5 Å². The van der Waals surface area contributed by atoms with Crippen LogP contribution in [0, 0.1) is 5.82 Å². The molecule has 0 bridgehead atoms. The zero-order chi connectivity index (χ0) is 14.8. The summed E-state index contributed by atoms with van der Waals surface area (Å²) in [4.78, 5) is 15.6. The minimum Gasteiger partial charge on any atom is -0.478 e. The summed E-state index contributed by atoms with van der Waals surface area (Å²) >= 11 is 0. The van der Waals surface area contributed by atoms with Gasteiger partial charge < -0.3 is 10.0 Å². The molecule has 2 aliphatic heterocycles. The SMILES string of the molecule is O=C(O)c1ccc(N2CCC(N3CCCCC3)C2)cc1F. The van der Waals surface area contributed by atoms with Gasteiger partial charge in [0.25, 0.3) is 0 Å². The van der Waals surface area contributed by atoms with Crippen molar-refractivity contribution in [3.63, 3.8) is 0 Å². The standard InChI is InChI=1S/C16H21FN2O2/c17-15-10-12(4-5-14(15)16(20)21)19-9-6-13(11-19)18-7-2-1-3-8-18/h4-5,10,13H,1-3,6-9,11H2,(H,20,21). The molecule has 2 aliphatic rings. The third-order valence-electron chi connectivity index (χ3n) is 4.62. The first-order chi connectivity index (χ1) is 10.1. The van der Waals surface area contributed by atoms with Crippen LogP contribution < -0.4 is 4.90 Å². The van der Waals surface area contributed by atoms with E-state index in [0.717, 1.165) is 25.2 Å². The Bertz CT molecular complexity index is 529. The first kappa shape index (κ1) is 14.3. The quantitative estimate of drug-likeness (QED) is 0.930. The summed E-state index contributed by atoms with van der Waals surface area (Å²) in [5.74, 6) is -1.87. The number of nitrogens with zero attached hydrogens (tertiary/aromatic N) is 2. The summed E-state index contributed by atoms with van der Waals surface area (Å²) < 4.78 is 13.8. The predicted octanol–water partition coefficient (Wildman–Crippen LogP) is 2.59. The third-order valence-corrected chi connectivity index (χ3v) is 4.62. The van der Waals surface area contributed by atoms with Crippen LogP contribution in [-0.4, -0.2) is 48.2 Å². The summed E-state index contributed by atoms with van der Waals surface area (Å²) in [7, 11) is 0. The van der Waals surface area contributed by atoms with E-state index in [1.54, 1.807) is 6.07 Å². The van der Waals surface area contributed by atoms with Crippen molar-refractivity contribution in [1.29, 1.82) is 0 Å². The molecule has 0 amide bonds. The van der Waals surface area contributed by atoms with Crippen LogP contribution in [-0.2, 0) is 0 Å². The van der Waals surface area contributed by atoms with Crippen LogP contribution >= 0.6 is 0 Å². The molecule has 0 aliphatic carbocycles. The molecule has 2 fully saturated rings. The highest BCUT2D eigenvalue weighted by Gasteiger charge is 2.29. The van der Waals surface area contributed by atoms with Crippen molar-refractivity contribution in [2.45, 2.75) is 31.7 Å². The third kappa shape index (κ3) is 3.02. The van der Waals surface area contributed by atoms with Gasteiger partial charge in [-0.25, -0.2) is 9.18 Å². The Morgan fingerprint density at radius 1 is 1.19 bits per heavy atom. The Kier molecular flexibility index (Phi) is 4.10. The van der Waals surface area contributed by atoms with Gasteiger partial charge in [-0.3, -0.25) is 4.90 Å². The van der Waals surface area contributed by atoms with E-state index in [9.17, 15) is 9.18 Å². The molecule has 0 radical (unpaired) electrons. The number of anilines is 1. The van der Waals surface area contributed by atoms with Crippen molar-refractivity contribution in [2.75, 3.05) is 31.1 Å². The second kappa shape index (κ2) is 6.02. The number of halogens is 1. The topological polar surface area (TPSA) is 43.8 Å². The van der Waals surface area contributed by atoms with Crippen molar-refractivity contribution < 1.29 is 14.3 Å². The van der Waals surface area contributed by atoms with Gasteiger partial charge in [0.2, 0.25) is 0 Å². The van der Waals surface area contributed by atoms with Crippen LogP contribution in [0.1, 0.15) is 36.0 Å². The Balaban J connectivity index is 1.68. The summed E-state index contributed by atoms with van der Waals surface area (Å²) in [5.41, 5.74) is 0.530. The molecule has 4 nitrogen and oxygen atoms in total. The number of piperidine rings is 1. The molecular weight excluding hydrogens is 271 g/mol. The number of likely N-dealkylation sites (tertiary alicyclic amines) is 1. The second-order valence-corrected chi connectivity index (χ2v) is 5.95. The highest BCUT2D eigenvalue weighted by Crippen LogP contribution is 2.26. The molecule has 1 aromatic carbocycles. The van der Waals surface area contributed by atoms with Crippen molar-refractivity contribution in [2.24, 2.45) is 0 Å². The monoisotopic (exact) mass is 292 g/mol. The lowest BCUT2D eigenvalue weighted by molar-refractivity contribution is 0.0692. The van der Waals surface area contributed by atoms with Gasteiger partial charge in [-0.05, 0) is 50.6 Å². The summed E-state index contributed by atoms with van der Waals surface area (Å²) in [6, 6.07) is 4.97. The van der Waals surface area contributed by atoms with Crippen LogP contribution in [0.4, 0.5) is 10.1 Å². The van der Waals surface area contributed by atoms with E-state index in [4.69, 9.17) is 5.11 Å². The molecule has 21 heavy (non-hydrogen) atoms. The molecule has 1 unspecified atom stereocenters. The summed E-state index contributed by atoms with van der Waals surface area (Å²) in [6.45, 7) is 4.16. The fourth-order valence-electron chi connectivity index (χ4n) is 3.43. The first-order valence-corrected chi connectivity index (χ1v) is 7.67. The van der Waals surface area contributed by atoms with Gasteiger partial charge in [0.05, 0.1) is 5.56 Å². The molecule has 1 atom stereocenters. The van der Waals surface area contributed by atoms with Crippen LogP contribution in [0.3, 0.4) is 0 Å². The minimum absolute atomic E-state index is 0.259. The van der Waals surface area contributed by atoms with Gasteiger partial charge in [-0.2, -0.15) is 0 Å². The summed E-state index contributed by atoms with van der Waals surface area (Å²) in [5, 5.41) is 8.87. The Hall–Kier alpha value is -1.62. The number of benzene rings is 1. The molecule has 0 spiro atoms. The van der Waals surface area contributed by atoms with E-state index in [0.29, 0.717) is 6.04 Å². The highest BCUT2D eigenvalue weighted by molar-refractivity contribution is 5.88. The molecule has 0 saturated carbocycles. The van der Waals surface area contributed by atoms with E-state index in [1.807, 2.05) is 0 Å². The van der Waals surface area contributed by atoms with Gasteiger partial charge in [-0.15, -0.1) is 0 Å². The Morgan fingerprint density at radius 3 is 2.62 bits per heavy atom. The van der Waals surface area contributed by atoms with E-state index in [2.05, 4.69) is 9.80 Å². The van der Waals surface area contributed by atoms with Gasteiger partial charge in [-0.1, -0.05) is 6.42 Å². The molecular formula is C16H21FN2O2. The predicted molar refractivity (Wildman–Crippen MR) is 79.4 cm³/mol. The lowest BCUT2D eigenvalue weighted by Gasteiger charge is -2.32. The van der Waals surface area contributed by atoms with Crippen molar-refractivity contribution >= 4 is 11.7 Å². The number of hydrogen-bond donors (Lipinski definition) is 1. The van der Waals surface area contributed by atoms with E-state index in [-0.39, 0.29) is 5.56 Å². The average Bonchev–Trinajstić information content (AvgIpc) is 2.97. The molecule has 1 N–H and O–H groups in total. The van der Waals surface area contributed by atoms with Crippen LogP contribution in [0.5, 0.6) is 0 Å². The lowest BCUT2D eigenvalue weighted by atomic mass is 10.1. The number of carboxylic acids is 1. The molecule has 5 heteroatoms. The van der Waals surface area contributed by atoms with Crippen LogP contribution in [0.15, 0.2) is 18.2 Å². The number of aromatic carboxylic acids is 1. The minimum atomic E-state index is -1.22. The Morgan fingerprint density at radius 2 is 1.95 bits per heavy atom. The zero-order valence-corrected chi connectivity index (χ0v) is 12.1. The largest absolute Gasteiger partial charge is 0.478 e. The highest BCUT2D eigenvalue weighted by atomic mass is 19.1. The fraction of sp³-hybridized carbons (Fsp3) is 0.562. The molecule has 3 rings (SSSR count). The van der Waals surface area contributed by atoms with Crippen LogP contribution in [0.2, 0.25) is 0 Å². The lowest BCUT2D eigenvalue weighted by Crippen LogP contribution is -2.40. The van der Waals surface area contributed by atoms with Crippen LogP contribution in [0.25, 0.3) is 0 Å². The number of rotatable bonds is 3. The molecule has 0 aromatic heterocycles. The zero-order valence-electron chi connectivity index (χ0n) is 12.1. The molecule has 2 saturated heterocycles. The summed E-state index contributed by atoms with van der Waals surface area (Å²) in [6.07, 6.45) is 4.98. The maximum absolute atomic E-state index is 13.8. The molecule has 114 valence electrons. The van der Waals surface area contributed by atoms with E-state index >= 15 is 0 Å². The second-order valence-electron chi connectivity index (χ2n) is 5.95.